The van der Waals surface area contributed by atoms with Gasteiger partial charge in [0.1, 0.15) is 0 Å². The molecule has 0 bridgehead atoms. The number of esters is 2. The van der Waals surface area contributed by atoms with Crippen LogP contribution in [-0.2, 0) is 19.1 Å². The van der Waals surface area contributed by atoms with Gasteiger partial charge in [0, 0.05) is 12.8 Å². The lowest BCUT2D eigenvalue weighted by atomic mass is 10.1. The molecule has 4 heteroatoms. The number of rotatable bonds is 10. The van der Waals surface area contributed by atoms with Crippen LogP contribution in [0.25, 0.3) is 0 Å². The molecule has 1 atom stereocenters. The summed E-state index contributed by atoms with van der Waals surface area (Å²) >= 11 is 0. The number of carbonyl (C=O) groups excluding carboxylic acids is 2. The Morgan fingerprint density at radius 3 is 2.08 bits per heavy atom. The molecule has 0 heterocycles. The van der Waals surface area contributed by atoms with E-state index in [0.29, 0.717) is 50.5 Å². The van der Waals surface area contributed by atoms with Crippen molar-refractivity contribution in [2.75, 3.05) is 6.61 Å². The van der Waals surface area contributed by atoms with Crippen molar-refractivity contribution in [3.05, 3.63) is 12.2 Å². The van der Waals surface area contributed by atoms with E-state index in [2.05, 4.69) is 32.3 Å². The molecule has 0 aliphatic heterocycles. The van der Waals surface area contributed by atoms with Gasteiger partial charge < -0.3 is 9.47 Å². The van der Waals surface area contributed by atoms with Gasteiger partial charge in [-0.3, -0.25) is 9.59 Å². The van der Waals surface area contributed by atoms with Gasteiger partial charge in [0.15, 0.2) is 6.10 Å². The van der Waals surface area contributed by atoms with Crippen molar-refractivity contribution in [3.8, 4) is 11.8 Å². The fourth-order valence-corrected chi connectivity index (χ4v) is 1.86. The van der Waals surface area contributed by atoms with Crippen LogP contribution in [0.4, 0.5) is 0 Å². The average Bonchev–Trinajstić information content (AvgIpc) is 2.46. The molecule has 24 heavy (non-hydrogen) atoms. The molecule has 0 N–H and O–H groups in total. The van der Waals surface area contributed by atoms with E-state index >= 15 is 0 Å². The number of unbranched alkanes of at least 4 members (excludes halogenated alkanes) is 1. The first-order valence-electron chi connectivity index (χ1n) is 8.72. The summed E-state index contributed by atoms with van der Waals surface area (Å²) in [4.78, 5) is 23.4. The molecule has 0 saturated carbocycles. The Balaban J connectivity index is 4.10. The van der Waals surface area contributed by atoms with Crippen LogP contribution < -0.4 is 0 Å². The van der Waals surface area contributed by atoms with Gasteiger partial charge in [0.2, 0.25) is 0 Å². The number of allylic oxidation sites excluding steroid dienone is 1. The van der Waals surface area contributed by atoms with Crippen molar-refractivity contribution in [2.45, 2.75) is 72.8 Å². The van der Waals surface area contributed by atoms with Crippen molar-refractivity contribution >= 4 is 11.9 Å². The van der Waals surface area contributed by atoms with Gasteiger partial charge >= 0.3 is 11.9 Å². The first kappa shape index (κ1) is 22.2. The predicted octanol–water partition coefficient (Wildman–Crippen LogP) is 4.28. The van der Waals surface area contributed by atoms with Crippen LogP contribution in [0.5, 0.6) is 0 Å². The van der Waals surface area contributed by atoms with Gasteiger partial charge in [0.05, 0.1) is 6.61 Å². The number of hydrogen-bond acceptors (Lipinski definition) is 4. The Kier molecular flexibility index (Phi) is 11.7. The maximum Gasteiger partial charge on any atom is 0.307 e. The molecule has 4 nitrogen and oxygen atoms in total. The first-order chi connectivity index (χ1) is 11.2. The van der Waals surface area contributed by atoms with E-state index in [9.17, 15) is 9.59 Å². The van der Waals surface area contributed by atoms with Crippen LogP contribution >= 0.6 is 0 Å². The van der Waals surface area contributed by atoms with Crippen molar-refractivity contribution in [2.24, 2.45) is 11.8 Å². The minimum atomic E-state index is -0.398. The Hall–Kier alpha value is -1.76. The van der Waals surface area contributed by atoms with Crippen LogP contribution in [0.15, 0.2) is 12.2 Å². The van der Waals surface area contributed by atoms with E-state index in [1.807, 2.05) is 20.8 Å². The minimum absolute atomic E-state index is 0.206. The van der Waals surface area contributed by atoms with Gasteiger partial charge in [-0.1, -0.05) is 46.1 Å². The molecule has 136 valence electrons. The molecule has 0 fully saturated rings. The zero-order chi connectivity index (χ0) is 18.5. The fourth-order valence-electron chi connectivity index (χ4n) is 1.86. The van der Waals surface area contributed by atoms with Crippen molar-refractivity contribution in [1.29, 1.82) is 0 Å². The molecule has 0 radical (unpaired) electrons. The lowest BCUT2D eigenvalue weighted by Gasteiger charge is -2.14. The maximum atomic E-state index is 11.9. The maximum absolute atomic E-state index is 11.9. The first-order valence-corrected chi connectivity index (χ1v) is 8.72. The Labute approximate surface area is 147 Å². The largest absolute Gasteiger partial charge is 0.465 e. The third-order valence-corrected chi connectivity index (χ3v) is 3.00. The lowest BCUT2D eigenvalue weighted by Crippen LogP contribution is -2.18. The summed E-state index contributed by atoms with van der Waals surface area (Å²) in [7, 11) is 0. The van der Waals surface area contributed by atoms with E-state index in [-0.39, 0.29) is 11.9 Å². The summed E-state index contributed by atoms with van der Waals surface area (Å²) in [6.07, 6.45) is 2.17. The third kappa shape index (κ3) is 13.9. The lowest BCUT2D eigenvalue weighted by molar-refractivity contribution is -0.148. The number of hydrogen-bond donors (Lipinski definition) is 0. The minimum Gasteiger partial charge on any atom is -0.465 e. The average molecular weight is 336 g/mol. The molecule has 0 saturated heterocycles. The monoisotopic (exact) mass is 336 g/mol. The summed E-state index contributed by atoms with van der Waals surface area (Å²) in [6, 6.07) is 0. The highest BCUT2D eigenvalue weighted by Crippen LogP contribution is 2.11. The van der Waals surface area contributed by atoms with Crippen molar-refractivity contribution in [1.82, 2.24) is 0 Å². The summed E-state index contributed by atoms with van der Waals surface area (Å²) < 4.78 is 10.5. The second-order valence-electron chi connectivity index (χ2n) is 6.94. The summed E-state index contributed by atoms with van der Waals surface area (Å²) in [5.74, 6) is 6.07. The van der Waals surface area contributed by atoms with Crippen LogP contribution in [0.2, 0.25) is 0 Å². The molecule has 0 spiro atoms. The predicted molar refractivity (Wildman–Crippen MR) is 96.2 cm³/mol. The molecule has 0 rings (SSSR count). The van der Waals surface area contributed by atoms with Crippen molar-refractivity contribution < 1.29 is 19.1 Å². The van der Waals surface area contributed by atoms with Gasteiger partial charge in [-0.15, -0.1) is 0 Å². The van der Waals surface area contributed by atoms with Crippen molar-refractivity contribution in [3.63, 3.8) is 0 Å². The molecule has 1 unspecified atom stereocenters. The fraction of sp³-hybridized carbons (Fsp3) is 0.700. The zero-order valence-corrected chi connectivity index (χ0v) is 15.8. The summed E-state index contributed by atoms with van der Waals surface area (Å²) in [6.45, 7) is 14.1. The highest BCUT2D eigenvalue weighted by atomic mass is 16.5. The second-order valence-corrected chi connectivity index (χ2v) is 6.94. The molecular weight excluding hydrogens is 304 g/mol. The molecular formula is C20H32O4. The topological polar surface area (TPSA) is 52.6 Å². The molecule has 0 aliphatic rings. The van der Waals surface area contributed by atoms with Gasteiger partial charge in [-0.2, -0.15) is 0 Å². The second kappa shape index (κ2) is 12.6. The van der Waals surface area contributed by atoms with E-state index in [4.69, 9.17) is 9.47 Å². The van der Waals surface area contributed by atoms with Gasteiger partial charge in [-0.25, -0.2) is 0 Å². The normalized spacial score (nSPS) is 11.6. The van der Waals surface area contributed by atoms with E-state index in [0.717, 1.165) is 5.57 Å². The summed E-state index contributed by atoms with van der Waals surface area (Å²) in [5.41, 5.74) is 0.750. The number of ether oxygens (including phenoxy) is 2. The molecule has 0 amide bonds. The quantitative estimate of drug-likeness (QED) is 0.339. The Morgan fingerprint density at radius 2 is 1.58 bits per heavy atom. The van der Waals surface area contributed by atoms with E-state index < -0.39 is 6.10 Å². The van der Waals surface area contributed by atoms with Crippen LogP contribution in [0, 0.1) is 23.7 Å². The van der Waals surface area contributed by atoms with Crippen LogP contribution in [0.1, 0.15) is 66.7 Å². The Morgan fingerprint density at radius 1 is 1.00 bits per heavy atom. The zero-order valence-electron chi connectivity index (χ0n) is 15.8. The number of carbonyl (C=O) groups is 2. The van der Waals surface area contributed by atoms with E-state index in [1.54, 1.807) is 0 Å². The highest BCUT2D eigenvalue weighted by Gasteiger charge is 2.14. The third-order valence-electron chi connectivity index (χ3n) is 3.00. The van der Waals surface area contributed by atoms with Gasteiger partial charge in [0.25, 0.3) is 0 Å². The standard InChI is InChI=1S/C20H32O4/c1-15(2)11-12-18(13-16(3)4)24-20(22)10-8-7-9-19(21)23-14-17(5)6/h16-18H,1,7-10,13-14H2,2-6H3. The smallest absolute Gasteiger partial charge is 0.307 e. The molecule has 0 aromatic heterocycles. The van der Waals surface area contributed by atoms with Crippen LogP contribution in [0.3, 0.4) is 0 Å². The molecule has 0 aromatic rings. The van der Waals surface area contributed by atoms with E-state index in [1.165, 1.54) is 0 Å². The highest BCUT2D eigenvalue weighted by molar-refractivity contribution is 5.71. The van der Waals surface area contributed by atoms with Crippen LogP contribution in [-0.4, -0.2) is 24.6 Å². The summed E-state index contributed by atoms with van der Waals surface area (Å²) in [5, 5.41) is 0. The Bertz CT molecular complexity index is 466. The molecule has 0 aromatic carbocycles. The SMILES string of the molecule is C=C(C)C#CC(CC(C)C)OC(=O)CCCCC(=O)OCC(C)C. The molecule has 0 aliphatic carbocycles. The van der Waals surface area contributed by atoms with Gasteiger partial charge in [-0.05, 0) is 43.6 Å².